The van der Waals surface area contributed by atoms with Gasteiger partial charge in [-0.15, -0.1) is 0 Å². The highest BCUT2D eigenvalue weighted by Gasteiger charge is 2.10. The van der Waals surface area contributed by atoms with Gasteiger partial charge in [-0.3, -0.25) is 4.79 Å². The Balaban J connectivity index is 1.83. The molecule has 0 aliphatic rings. The van der Waals surface area contributed by atoms with Crippen molar-refractivity contribution in [2.45, 2.75) is 0 Å². The van der Waals surface area contributed by atoms with Crippen molar-refractivity contribution in [3.63, 3.8) is 0 Å². The van der Waals surface area contributed by atoms with Crippen LogP contribution in [0.15, 0.2) is 59.1 Å². The number of nitrogens with zero attached hydrogens (tertiary/aromatic N) is 1. The van der Waals surface area contributed by atoms with Gasteiger partial charge in [-0.25, -0.2) is 9.78 Å². The van der Waals surface area contributed by atoms with Crippen LogP contribution in [-0.4, -0.2) is 22.3 Å². The van der Waals surface area contributed by atoms with Gasteiger partial charge in [-0.2, -0.15) is 0 Å². The second kappa shape index (κ2) is 6.15. The molecular weight excluding hydrogens is 296 g/mol. The Bertz CT molecular complexity index is 861. The highest BCUT2D eigenvalue weighted by Crippen LogP contribution is 2.20. The molecule has 0 aliphatic heterocycles. The lowest BCUT2D eigenvalue weighted by molar-refractivity contribution is -0.103. The van der Waals surface area contributed by atoms with E-state index in [9.17, 15) is 9.59 Å². The molecule has 2 N–H and O–H groups in total. The van der Waals surface area contributed by atoms with Gasteiger partial charge < -0.3 is 14.8 Å². The molecule has 1 heterocycles. The Kier molecular flexibility index (Phi) is 3.88. The first-order valence-electron chi connectivity index (χ1n) is 6.78. The van der Waals surface area contributed by atoms with Gasteiger partial charge in [0.05, 0.1) is 11.1 Å². The number of carboxylic acids is 1. The van der Waals surface area contributed by atoms with Crippen LogP contribution in [0.1, 0.15) is 16.2 Å². The third kappa shape index (κ3) is 3.11. The van der Waals surface area contributed by atoms with Gasteiger partial charge >= 0.3 is 5.97 Å². The van der Waals surface area contributed by atoms with Crippen LogP contribution in [0.4, 0.5) is 5.69 Å². The van der Waals surface area contributed by atoms with Crippen LogP contribution < -0.4 is 5.32 Å². The lowest BCUT2D eigenvalue weighted by atomic mass is 10.2. The zero-order valence-electron chi connectivity index (χ0n) is 11.9. The van der Waals surface area contributed by atoms with Crippen LogP contribution in [-0.2, 0) is 4.79 Å². The predicted octanol–water partition coefficient (Wildman–Crippen LogP) is 3.18. The second-order valence-electron chi connectivity index (χ2n) is 4.73. The molecule has 114 valence electrons. The van der Waals surface area contributed by atoms with Gasteiger partial charge in [-0.1, -0.05) is 12.1 Å². The first-order chi connectivity index (χ1) is 11.2. The van der Waals surface area contributed by atoms with Gasteiger partial charge in [0.1, 0.15) is 5.52 Å². The molecule has 3 aromatic rings. The molecule has 0 saturated carbocycles. The van der Waals surface area contributed by atoms with Crippen LogP contribution in [0, 0.1) is 0 Å². The van der Waals surface area contributed by atoms with E-state index in [1.807, 2.05) is 12.1 Å². The van der Waals surface area contributed by atoms with Crippen molar-refractivity contribution < 1.29 is 19.1 Å². The van der Waals surface area contributed by atoms with Crippen LogP contribution in [0.3, 0.4) is 0 Å². The summed E-state index contributed by atoms with van der Waals surface area (Å²) in [5.74, 6) is -0.775. The largest absolute Gasteiger partial charge is 0.478 e. The first-order valence-corrected chi connectivity index (χ1v) is 6.78. The molecule has 1 aromatic heterocycles. The Morgan fingerprint density at radius 1 is 1.13 bits per heavy atom. The van der Waals surface area contributed by atoms with E-state index in [4.69, 9.17) is 9.52 Å². The molecule has 0 atom stereocenters. The second-order valence-corrected chi connectivity index (χ2v) is 4.73. The number of aromatic carboxylic acids is 1. The molecule has 0 unspecified atom stereocenters. The maximum Gasteiger partial charge on any atom is 0.335 e. The number of carbonyl (C=O) groups excluding carboxylic acids is 1. The van der Waals surface area contributed by atoms with E-state index in [1.165, 1.54) is 18.3 Å². The minimum Gasteiger partial charge on any atom is -0.478 e. The number of fused-ring (bicyclic) bond motifs is 1. The molecule has 0 aliphatic carbocycles. The molecule has 2 aromatic carbocycles. The highest BCUT2D eigenvalue weighted by atomic mass is 16.4. The highest BCUT2D eigenvalue weighted by molar-refractivity contribution is 6.06. The molecule has 6 nitrogen and oxygen atoms in total. The number of hydrogen-bond acceptors (Lipinski definition) is 5. The van der Waals surface area contributed by atoms with Crippen LogP contribution in [0.2, 0.25) is 0 Å². The van der Waals surface area contributed by atoms with Crippen LogP contribution in [0.5, 0.6) is 0 Å². The summed E-state index contributed by atoms with van der Waals surface area (Å²) >= 11 is 0. The summed E-state index contributed by atoms with van der Waals surface area (Å²) in [6.07, 6.45) is 2.11. The smallest absolute Gasteiger partial charge is 0.335 e. The third-order valence-corrected chi connectivity index (χ3v) is 3.19. The van der Waals surface area contributed by atoms with E-state index in [1.54, 1.807) is 24.3 Å². The summed E-state index contributed by atoms with van der Waals surface area (Å²) in [6, 6.07) is 13.4. The molecule has 3 rings (SSSR count). The number of nitrogens with one attached hydrogen (secondary N) is 1. The fourth-order valence-electron chi connectivity index (χ4n) is 2.01. The molecule has 0 saturated heterocycles. The van der Waals surface area contributed by atoms with E-state index in [0.717, 1.165) is 0 Å². The van der Waals surface area contributed by atoms with E-state index >= 15 is 0 Å². The lowest BCUT2D eigenvalue weighted by Crippen LogP contribution is -1.97. The molecule has 6 heteroatoms. The number of oxazole rings is 1. The average molecular weight is 308 g/mol. The zero-order chi connectivity index (χ0) is 16.2. The topological polar surface area (TPSA) is 92.4 Å². The van der Waals surface area contributed by atoms with Gasteiger partial charge in [0.15, 0.2) is 11.9 Å². The van der Waals surface area contributed by atoms with Crippen molar-refractivity contribution in [1.82, 2.24) is 4.98 Å². The number of hydrogen-bond donors (Lipinski definition) is 2. The number of benzene rings is 2. The van der Waals surface area contributed by atoms with Gasteiger partial charge in [0.25, 0.3) is 0 Å². The fourth-order valence-corrected chi connectivity index (χ4v) is 2.01. The number of para-hydroxylation sites is 2. The standard InChI is InChI=1S/C17H12N2O4/c20-10-12(16-19-14-3-1-2-4-15(14)23-16)9-18-13-7-5-11(6-8-13)17(21)22/h1-10,18H,(H,21,22). The maximum atomic E-state index is 11.3. The number of rotatable bonds is 5. The number of allylic oxidation sites excluding steroid dienone is 1. The molecular formula is C17H12N2O4. The van der Waals surface area contributed by atoms with E-state index in [0.29, 0.717) is 23.1 Å². The Hall–Kier alpha value is -3.41. The number of carbonyl (C=O) groups is 2. The van der Waals surface area contributed by atoms with Crippen molar-refractivity contribution in [3.05, 3.63) is 66.2 Å². The average Bonchev–Trinajstić information content (AvgIpc) is 2.99. The number of aldehydes is 1. The summed E-state index contributed by atoms with van der Waals surface area (Å²) in [5.41, 5.74) is 2.35. The molecule has 0 fully saturated rings. The molecule has 0 amide bonds. The number of carboxylic acid groups (broad SMARTS) is 1. The van der Waals surface area contributed by atoms with E-state index < -0.39 is 5.97 Å². The normalized spacial score (nSPS) is 11.4. The van der Waals surface area contributed by atoms with Crippen molar-refractivity contribution in [2.75, 3.05) is 5.32 Å². The monoisotopic (exact) mass is 308 g/mol. The fraction of sp³-hybridized carbons (Fsp3) is 0. The maximum absolute atomic E-state index is 11.3. The third-order valence-electron chi connectivity index (χ3n) is 3.19. The van der Waals surface area contributed by atoms with Crippen molar-refractivity contribution in [2.24, 2.45) is 0 Å². The van der Waals surface area contributed by atoms with Crippen LogP contribution >= 0.6 is 0 Å². The van der Waals surface area contributed by atoms with Crippen molar-refractivity contribution in [3.8, 4) is 0 Å². The quantitative estimate of drug-likeness (QED) is 0.555. The van der Waals surface area contributed by atoms with Gasteiger partial charge in [0, 0.05) is 11.9 Å². The molecule has 23 heavy (non-hydrogen) atoms. The molecule has 0 bridgehead atoms. The predicted molar refractivity (Wildman–Crippen MR) is 85.1 cm³/mol. The Morgan fingerprint density at radius 3 is 2.52 bits per heavy atom. The van der Waals surface area contributed by atoms with Crippen molar-refractivity contribution >= 4 is 34.6 Å². The minimum atomic E-state index is -0.993. The summed E-state index contributed by atoms with van der Waals surface area (Å²) in [5, 5.41) is 11.8. The Labute approximate surface area is 131 Å². The van der Waals surface area contributed by atoms with Crippen LogP contribution in [0.25, 0.3) is 16.7 Å². The number of anilines is 1. The summed E-state index contributed by atoms with van der Waals surface area (Å²) < 4.78 is 5.53. The minimum absolute atomic E-state index is 0.189. The summed E-state index contributed by atoms with van der Waals surface area (Å²) in [7, 11) is 0. The summed E-state index contributed by atoms with van der Waals surface area (Å²) in [4.78, 5) is 26.3. The lowest BCUT2D eigenvalue weighted by Gasteiger charge is -2.02. The molecule has 0 radical (unpaired) electrons. The molecule has 0 spiro atoms. The zero-order valence-corrected chi connectivity index (χ0v) is 11.9. The van der Waals surface area contributed by atoms with E-state index in [-0.39, 0.29) is 17.0 Å². The summed E-state index contributed by atoms with van der Waals surface area (Å²) in [6.45, 7) is 0. The van der Waals surface area contributed by atoms with Crippen molar-refractivity contribution in [1.29, 1.82) is 0 Å². The van der Waals surface area contributed by atoms with Gasteiger partial charge in [0.2, 0.25) is 5.89 Å². The number of aromatic nitrogens is 1. The SMILES string of the molecule is O=CC(=CNc1ccc(C(=O)O)cc1)c1nc2ccccc2o1. The van der Waals surface area contributed by atoms with E-state index in [2.05, 4.69) is 10.3 Å². The first kappa shape index (κ1) is 14.5. The van der Waals surface area contributed by atoms with Gasteiger partial charge in [-0.05, 0) is 36.4 Å². The Morgan fingerprint density at radius 2 is 1.87 bits per heavy atom.